The number of allylic oxidation sites excluding steroid dienone is 5. The predicted octanol–water partition coefficient (Wildman–Crippen LogP) is 3.79. The Balaban J connectivity index is 2.46. The Morgan fingerprint density at radius 1 is 1.36 bits per heavy atom. The van der Waals surface area contributed by atoms with Gasteiger partial charge in [0.2, 0.25) is 0 Å². The third-order valence-electron chi connectivity index (χ3n) is 4.05. The molecule has 3 heteroatoms. The largest absolute Gasteiger partial charge is 0.398 e. The third kappa shape index (κ3) is 3.55. The van der Waals surface area contributed by atoms with Gasteiger partial charge in [-0.3, -0.25) is 0 Å². The van der Waals surface area contributed by atoms with Crippen LogP contribution in [0.2, 0.25) is 0 Å². The normalized spacial score (nSPS) is 20.8. The standard InChI is InChI=1S/C19H23FN2/c1-13-7-6-8-15(14(13)2)11-16(12-22-3)19(21)17-9-4-5-10-18(17)20/h4-11,14,22H,12,21H2,1-3H3/b15-11-,19-16+. The quantitative estimate of drug-likeness (QED) is 0.887. The van der Waals surface area contributed by atoms with Crippen molar-refractivity contribution in [2.75, 3.05) is 13.6 Å². The van der Waals surface area contributed by atoms with Crippen LogP contribution in [0.25, 0.3) is 5.70 Å². The van der Waals surface area contributed by atoms with Crippen LogP contribution < -0.4 is 11.1 Å². The molecular formula is C19H23FN2. The van der Waals surface area contributed by atoms with E-state index in [0.717, 1.165) is 5.57 Å². The number of benzene rings is 1. The lowest BCUT2D eigenvalue weighted by atomic mass is 9.88. The molecule has 2 rings (SSSR count). The van der Waals surface area contributed by atoms with Gasteiger partial charge >= 0.3 is 0 Å². The number of hydrogen-bond donors (Lipinski definition) is 2. The number of halogens is 1. The minimum absolute atomic E-state index is 0.296. The Morgan fingerprint density at radius 2 is 2.09 bits per heavy atom. The Morgan fingerprint density at radius 3 is 2.77 bits per heavy atom. The zero-order valence-corrected chi connectivity index (χ0v) is 13.4. The van der Waals surface area contributed by atoms with Crippen LogP contribution in [0.1, 0.15) is 19.4 Å². The molecule has 0 heterocycles. The van der Waals surface area contributed by atoms with E-state index < -0.39 is 0 Å². The summed E-state index contributed by atoms with van der Waals surface area (Å²) in [6.07, 6.45) is 8.30. The summed E-state index contributed by atoms with van der Waals surface area (Å²) in [5.74, 6) is 0.0422. The first kappa shape index (κ1) is 16.2. The van der Waals surface area contributed by atoms with E-state index in [1.807, 2.05) is 13.1 Å². The lowest BCUT2D eigenvalue weighted by Crippen LogP contribution is -2.15. The summed E-state index contributed by atoms with van der Waals surface area (Å²) >= 11 is 0. The molecule has 2 nitrogen and oxygen atoms in total. The van der Waals surface area contributed by atoms with Gasteiger partial charge in [-0.25, -0.2) is 4.39 Å². The predicted molar refractivity (Wildman–Crippen MR) is 91.6 cm³/mol. The first-order valence-electron chi connectivity index (χ1n) is 7.49. The van der Waals surface area contributed by atoms with E-state index >= 15 is 0 Å². The molecule has 0 fully saturated rings. The molecule has 0 amide bonds. The van der Waals surface area contributed by atoms with Gasteiger partial charge in [-0.05, 0) is 37.3 Å². The van der Waals surface area contributed by atoms with Gasteiger partial charge in [0.1, 0.15) is 5.82 Å². The molecule has 0 radical (unpaired) electrons. The molecule has 3 N–H and O–H groups in total. The van der Waals surface area contributed by atoms with Crippen molar-refractivity contribution in [3.8, 4) is 0 Å². The second-order valence-electron chi connectivity index (χ2n) is 5.58. The molecule has 1 atom stereocenters. The van der Waals surface area contributed by atoms with Crippen molar-refractivity contribution in [2.24, 2.45) is 11.7 Å². The summed E-state index contributed by atoms with van der Waals surface area (Å²) in [6, 6.07) is 6.61. The van der Waals surface area contributed by atoms with E-state index in [9.17, 15) is 4.39 Å². The van der Waals surface area contributed by atoms with Gasteiger partial charge in [-0.1, -0.05) is 48.9 Å². The van der Waals surface area contributed by atoms with Crippen LogP contribution in [0.3, 0.4) is 0 Å². The molecule has 1 aliphatic carbocycles. The second-order valence-corrected chi connectivity index (χ2v) is 5.58. The van der Waals surface area contributed by atoms with Crippen LogP contribution in [0.15, 0.2) is 65.3 Å². The highest BCUT2D eigenvalue weighted by Gasteiger charge is 2.14. The van der Waals surface area contributed by atoms with E-state index in [-0.39, 0.29) is 5.82 Å². The summed E-state index contributed by atoms with van der Waals surface area (Å²) in [5, 5.41) is 3.11. The van der Waals surface area contributed by atoms with Crippen molar-refractivity contribution in [3.63, 3.8) is 0 Å². The molecule has 0 aromatic heterocycles. The molecular weight excluding hydrogens is 275 g/mol. The van der Waals surface area contributed by atoms with Gasteiger partial charge in [-0.15, -0.1) is 0 Å². The van der Waals surface area contributed by atoms with Gasteiger partial charge < -0.3 is 11.1 Å². The number of nitrogens with two attached hydrogens (primary N) is 1. The molecule has 0 spiro atoms. The lowest BCUT2D eigenvalue weighted by molar-refractivity contribution is 0.623. The SMILES string of the molecule is CNCC(/C=C1/C=CC=C(C)C1C)=C(/N)c1ccccc1F. The van der Waals surface area contributed by atoms with E-state index in [2.05, 4.69) is 37.4 Å². The summed E-state index contributed by atoms with van der Waals surface area (Å²) < 4.78 is 14.0. The highest BCUT2D eigenvalue weighted by Crippen LogP contribution is 2.27. The van der Waals surface area contributed by atoms with Crippen LogP contribution in [-0.4, -0.2) is 13.6 Å². The maximum Gasteiger partial charge on any atom is 0.132 e. The fourth-order valence-corrected chi connectivity index (χ4v) is 2.50. The van der Waals surface area contributed by atoms with Gasteiger partial charge in [0, 0.05) is 23.7 Å². The molecule has 1 aromatic rings. The zero-order chi connectivity index (χ0) is 16.1. The number of hydrogen-bond acceptors (Lipinski definition) is 2. The summed E-state index contributed by atoms with van der Waals surface area (Å²) in [7, 11) is 1.86. The minimum atomic E-state index is -0.296. The molecule has 22 heavy (non-hydrogen) atoms. The van der Waals surface area contributed by atoms with Crippen molar-refractivity contribution in [1.82, 2.24) is 5.32 Å². The van der Waals surface area contributed by atoms with Crippen molar-refractivity contribution < 1.29 is 4.39 Å². The summed E-state index contributed by atoms with van der Waals surface area (Å²) in [5.41, 5.74) is 10.6. The van der Waals surface area contributed by atoms with Crippen LogP contribution >= 0.6 is 0 Å². The molecule has 0 saturated carbocycles. The average Bonchev–Trinajstić information content (AvgIpc) is 2.51. The van der Waals surface area contributed by atoms with Gasteiger partial charge in [-0.2, -0.15) is 0 Å². The fourth-order valence-electron chi connectivity index (χ4n) is 2.50. The maximum absolute atomic E-state index is 14.0. The average molecular weight is 298 g/mol. The first-order chi connectivity index (χ1) is 10.5. The Bertz CT molecular complexity index is 666. The zero-order valence-electron chi connectivity index (χ0n) is 13.4. The third-order valence-corrected chi connectivity index (χ3v) is 4.05. The van der Waals surface area contributed by atoms with Crippen molar-refractivity contribution in [3.05, 3.63) is 76.7 Å². The minimum Gasteiger partial charge on any atom is -0.398 e. The first-order valence-corrected chi connectivity index (χ1v) is 7.49. The Labute approximate surface area is 131 Å². The smallest absolute Gasteiger partial charge is 0.132 e. The molecule has 0 aliphatic heterocycles. The second kappa shape index (κ2) is 7.23. The Kier molecular flexibility index (Phi) is 5.34. The molecule has 0 bridgehead atoms. The van der Waals surface area contributed by atoms with E-state index in [4.69, 9.17) is 5.73 Å². The number of rotatable bonds is 4. The van der Waals surface area contributed by atoms with Crippen molar-refractivity contribution in [1.29, 1.82) is 0 Å². The maximum atomic E-state index is 14.0. The van der Waals surface area contributed by atoms with Crippen LogP contribution in [0.5, 0.6) is 0 Å². The van der Waals surface area contributed by atoms with Crippen LogP contribution in [0.4, 0.5) is 4.39 Å². The van der Waals surface area contributed by atoms with Gasteiger partial charge in [0.15, 0.2) is 0 Å². The van der Waals surface area contributed by atoms with Gasteiger partial charge in [0.05, 0.1) is 0 Å². The van der Waals surface area contributed by atoms with E-state index in [0.29, 0.717) is 23.7 Å². The number of nitrogens with one attached hydrogen (secondary N) is 1. The van der Waals surface area contributed by atoms with E-state index in [1.54, 1.807) is 18.2 Å². The fraction of sp³-hybridized carbons (Fsp3) is 0.263. The summed E-state index contributed by atoms with van der Waals surface area (Å²) in [6.45, 7) is 4.87. The Hall–Kier alpha value is -2.13. The van der Waals surface area contributed by atoms with Crippen LogP contribution in [0, 0.1) is 11.7 Å². The van der Waals surface area contributed by atoms with Crippen LogP contribution in [-0.2, 0) is 0 Å². The molecule has 0 saturated heterocycles. The molecule has 1 aliphatic rings. The molecule has 1 aromatic carbocycles. The highest BCUT2D eigenvalue weighted by molar-refractivity contribution is 5.69. The number of likely N-dealkylation sites (N-methyl/N-ethyl adjacent to an activating group) is 1. The lowest BCUT2D eigenvalue weighted by Gasteiger charge is -2.19. The van der Waals surface area contributed by atoms with Gasteiger partial charge in [0.25, 0.3) is 0 Å². The van der Waals surface area contributed by atoms with Crippen molar-refractivity contribution >= 4 is 5.70 Å². The highest BCUT2D eigenvalue weighted by atomic mass is 19.1. The summed E-state index contributed by atoms with van der Waals surface area (Å²) in [4.78, 5) is 0. The molecule has 116 valence electrons. The monoisotopic (exact) mass is 298 g/mol. The molecule has 1 unspecified atom stereocenters. The van der Waals surface area contributed by atoms with E-state index in [1.165, 1.54) is 17.2 Å². The topological polar surface area (TPSA) is 38.0 Å². The van der Waals surface area contributed by atoms with Crippen molar-refractivity contribution in [2.45, 2.75) is 13.8 Å².